The number of nitriles is 1. The number of anilines is 1. The monoisotopic (exact) mass is 341 g/mol. The maximum atomic E-state index is 9.34. The number of nitrogens with one attached hydrogen (secondary N) is 1. The van der Waals surface area contributed by atoms with E-state index in [0.717, 1.165) is 35.0 Å². The first-order valence-electron chi connectivity index (χ1n) is 7.12. The molecule has 4 heteroatoms. The molecule has 1 unspecified atom stereocenters. The van der Waals surface area contributed by atoms with Crippen LogP contribution in [0.5, 0.6) is 0 Å². The second kappa shape index (κ2) is 5.87. The van der Waals surface area contributed by atoms with E-state index in [0.29, 0.717) is 11.4 Å². The van der Waals surface area contributed by atoms with Gasteiger partial charge in [0.25, 0.3) is 0 Å². The average molecular weight is 342 g/mol. The lowest BCUT2D eigenvalue weighted by molar-refractivity contribution is 0.864. The van der Waals surface area contributed by atoms with Gasteiger partial charge in [-0.25, -0.2) is 4.98 Å². The number of aromatic nitrogens is 1. The molecule has 0 saturated heterocycles. The number of rotatable bonds is 3. The van der Waals surface area contributed by atoms with E-state index in [9.17, 15) is 5.26 Å². The van der Waals surface area contributed by atoms with Crippen LogP contribution in [-0.2, 0) is 12.8 Å². The number of nitrogens with zero attached hydrogens (tertiary/aromatic N) is 2. The zero-order valence-electron chi connectivity index (χ0n) is 11.9. The third kappa shape index (κ3) is 2.93. The van der Waals surface area contributed by atoms with Gasteiger partial charge in [-0.05, 0) is 55.5 Å². The fourth-order valence-electron chi connectivity index (χ4n) is 2.73. The number of fused-ring (bicyclic) bond motifs is 1. The second-order valence-electron chi connectivity index (χ2n) is 5.38. The van der Waals surface area contributed by atoms with Crippen LogP contribution in [0.4, 0.5) is 5.82 Å². The first kappa shape index (κ1) is 14.1. The molecule has 2 aromatic rings. The Bertz CT molecular complexity index is 718. The lowest BCUT2D eigenvalue weighted by Crippen LogP contribution is -2.10. The summed E-state index contributed by atoms with van der Waals surface area (Å²) in [5.41, 5.74) is 4.17. The minimum absolute atomic E-state index is 0.0987. The summed E-state index contributed by atoms with van der Waals surface area (Å²) in [6, 6.07) is 12.5. The van der Waals surface area contributed by atoms with Gasteiger partial charge < -0.3 is 5.32 Å². The summed E-state index contributed by atoms with van der Waals surface area (Å²) >= 11 is 3.49. The quantitative estimate of drug-likeness (QED) is 0.901. The molecule has 1 aliphatic carbocycles. The van der Waals surface area contributed by atoms with Crippen molar-refractivity contribution in [3.63, 3.8) is 0 Å². The molecule has 1 heterocycles. The summed E-state index contributed by atoms with van der Waals surface area (Å²) in [6.07, 6.45) is 3.19. The Labute approximate surface area is 133 Å². The van der Waals surface area contributed by atoms with Gasteiger partial charge in [0.2, 0.25) is 0 Å². The van der Waals surface area contributed by atoms with Crippen LogP contribution in [0.15, 0.2) is 34.8 Å². The Morgan fingerprint density at radius 2 is 2.19 bits per heavy atom. The molecule has 0 amide bonds. The van der Waals surface area contributed by atoms with Gasteiger partial charge >= 0.3 is 0 Å². The molecule has 3 rings (SSSR count). The number of benzene rings is 1. The lowest BCUT2D eigenvalue weighted by Gasteiger charge is -2.17. The fraction of sp³-hybridized carbons (Fsp3) is 0.294. The van der Waals surface area contributed by atoms with E-state index in [1.54, 1.807) is 0 Å². The van der Waals surface area contributed by atoms with Crippen molar-refractivity contribution in [1.29, 1.82) is 5.26 Å². The lowest BCUT2D eigenvalue weighted by atomic mass is 10.1. The van der Waals surface area contributed by atoms with Crippen molar-refractivity contribution in [3.8, 4) is 6.07 Å². The molecule has 1 aromatic heterocycles. The largest absolute Gasteiger partial charge is 0.362 e. The zero-order chi connectivity index (χ0) is 14.8. The van der Waals surface area contributed by atoms with Crippen LogP contribution in [0, 0.1) is 11.3 Å². The van der Waals surface area contributed by atoms with Crippen molar-refractivity contribution in [3.05, 3.63) is 57.2 Å². The van der Waals surface area contributed by atoms with E-state index in [-0.39, 0.29) is 6.04 Å². The van der Waals surface area contributed by atoms with Gasteiger partial charge in [-0.3, -0.25) is 0 Å². The second-order valence-corrected chi connectivity index (χ2v) is 6.29. The van der Waals surface area contributed by atoms with Gasteiger partial charge in [0.1, 0.15) is 11.9 Å². The Hall–Kier alpha value is -1.86. The fourth-order valence-corrected chi connectivity index (χ4v) is 3.15. The normalized spacial score (nSPS) is 14.3. The molecule has 1 atom stereocenters. The summed E-state index contributed by atoms with van der Waals surface area (Å²) in [5, 5.41) is 12.7. The van der Waals surface area contributed by atoms with Crippen LogP contribution in [0.1, 0.15) is 41.8 Å². The number of aryl methyl sites for hydroxylation is 2. The molecule has 0 aliphatic heterocycles. The Morgan fingerprint density at radius 3 is 2.95 bits per heavy atom. The maximum absolute atomic E-state index is 9.34. The minimum Gasteiger partial charge on any atom is -0.362 e. The predicted octanol–water partition coefficient (Wildman–Crippen LogP) is 4.38. The standard InChI is InChI=1S/C17H16BrN3/c1-11(12-4-2-6-15(18)9-12)20-17-14(10-19)8-13-5-3-7-16(13)21-17/h2,4,6,8-9,11H,3,5,7H2,1H3,(H,20,21). The zero-order valence-corrected chi connectivity index (χ0v) is 13.4. The van der Waals surface area contributed by atoms with E-state index in [1.807, 2.05) is 18.2 Å². The molecule has 0 saturated carbocycles. The van der Waals surface area contributed by atoms with Crippen LogP contribution in [0.3, 0.4) is 0 Å². The van der Waals surface area contributed by atoms with Gasteiger partial charge in [-0.15, -0.1) is 0 Å². The summed E-state index contributed by atoms with van der Waals surface area (Å²) in [5.74, 6) is 0.700. The third-order valence-electron chi connectivity index (χ3n) is 3.87. The van der Waals surface area contributed by atoms with Gasteiger partial charge in [-0.1, -0.05) is 28.1 Å². The highest BCUT2D eigenvalue weighted by molar-refractivity contribution is 9.10. The number of hydrogen-bond donors (Lipinski definition) is 1. The molecule has 1 aliphatic rings. The Kier molecular flexibility index (Phi) is 3.94. The predicted molar refractivity (Wildman–Crippen MR) is 87.2 cm³/mol. The van der Waals surface area contributed by atoms with Gasteiger partial charge in [0, 0.05) is 10.2 Å². The molecule has 0 bridgehead atoms. The first-order chi connectivity index (χ1) is 10.2. The molecular formula is C17H16BrN3. The number of halogens is 1. The highest BCUT2D eigenvalue weighted by atomic mass is 79.9. The maximum Gasteiger partial charge on any atom is 0.144 e. The van der Waals surface area contributed by atoms with Crippen LogP contribution in [0.25, 0.3) is 0 Å². The van der Waals surface area contributed by atoms with Crippen LogP contribution in [0.2, 0.25) is 0 Å². The number of pyridine rings is 1. The van der Waals surface area contributed by atoms with E-state index in [4.69, 9.17) is 0 Å². The van der Waals surface area contributed by atoms with Crippen molar-refractivity contribution >= 4 is 21.7 Å². The topological polar surface area (TPSA) is 48.7 Å². The van der Waals surface area contributed by atoms with Gasteiger partial charge in [0.05, 0.1) is 11.6 Å². The molecule has 106 valence electrons. The molecule has 21 heavy (non-hydrogen) atoms. The minimum atomic E-state index is 0.0987. The molecule has 3 nitrogen and oxygen atoms in total. The first-order valence-corrected chi connectivity index (χ1v) is 7.91. The van der Waals surface area contributed by atoms with E-state index >= 15 is 0 Å². The highest BCUT2D eigenvalue weighted by Gasteiger charge is 2.17. The van der Waals surface area contributed by atoms with Crippen molar-refractivity contribution in [1.82, 2.24) is 4.98 Å². The van der Waals surface area contributed by atoms with Crippen LogP contribution in [-0.4, -0.2) is 4.98 Å². The molecule has 1 aromatic carbocycles. The van der Waals surface area contributed by atoms with E-state index in [2.05, 4.69) is 51.4 Å². The Morgan fingerprint density at radius 1 is 1.33 bits per heavy atom. The van der Waals surface area contributed by atoms with Crippen molar-refractivity contribution < 1.29 is 0 Å². The Balaban J connectivity index is 1.89. The van der Waals surface area contributed by atoms with Crippen molar-refractivity contribution in [2.24, 2.45) is 0 Å². The van der Waals surface area contributed by atoms with E-state index in [1.165, 1.54) is 5.56 Å². The van der Waals surface area contributed by atoms with Gasteiger partial charge in [-0.2, -0.15) is 5.26 Å². The van der Waals surface area contributed by atoms with Crippen LogP contribution >= 0.6 is 15.9 Å². The molecule has 0 radical (unpaired) electrons. The third-order valence-corrected chi connectivity index (χ3v) is 4.37. The summed E-state index contributed by atoms with van der Waals surface area (Å²) in [6.45, 7) is 2.08. The summed E-state index contributed by atoms with van der Waals surface area (Å²) in [4.78, 5) is 4.67. The van der Waals surface area contributed by atoms with E-state index < -0.39 is 0 Å². The summed E-state index contributed by atoms with van der Waals surface area (Å²) < 4.78 is 1.05. The van der Waals surface area contributed by atoms with Gasteiger partial charge in [0.15, 0.2) is 0 Å². The summed E-state index contributed by atoms with van der Waals surface area (Å²) in [7, 11) is 0. The molecule has 0 spiro atoms. The SMILES string of the molecule is CC(Nc1nc2c(cc1C#N)CCC2)c1cccc(Br)c1. The van der Waals surface area contributed by atoms with Crippen LogP contribution < -0.4 is 5.32 Å². The molecular weight excluding hydrogens is 326 g/mol. The highest BCUT2D eigenvalue weighted by Crippen LogP contribution is 2.27. The van der Waals surface area contributed by atoms with Crippen molar-refractivity contribution in [2.75, 3.05) is 5.32 Å². The average Bonchev–Trinajstić information content (AvgIpc) is 2.93. The smallest absolute Gasteiger partial charge is 0.144 e. The number of hydrogen-bond acceptors (Lipinski definition) is 3. The van der Waals surface area contributed by atoms with Crippen molar-refractivity contribution in [2.45, 2.75) is 32.2 Å². The molecule has 1 N–H and O–H groups in total. The molecule has 0 fully saturated rings.